The van der Waals surface area contributed by atoms with E-state index in [4.69, 9.17) is 0 Å². The molecule has 11 nitrogen and oxygen atoms in total. The smallest absolute Gasteiger partial charge is 0.246 e. The van der Waals surface area contributed by atoms with Crippen LogP contribution in [-0.4, -0.2) is 31.7 Å². The van der Waals surface area contributed by atoms with Gasteiger partial charge in [-0.05, 0) is 138 Å². The van der Waals surface area contributed by atoms with Crippen LogP contribution in [0.4, 0.5) is 17.1 Å². The van der Waals surface area contributed by atoms with Gasteiger partial charge in [0.1, 0.15) is 0 Å². The van der Waals surface area contributed by atoms with Crippen LogP contribution in [0.1, 0.15) is 33.4 Å². The summed E-state index contributed by atoms with van der Waals surface area (Å²) < 4.78 is 2.99. The summed E-state index contributed by atoms with van der Waals surface area (Å²) in [4.78, 5) is 75.3. The van der Waals surface area contributed by atoms with Gasteiger partial charge in [0.25, 0.3) is 0 Å². The van der Waals surface area contributed by atoms with E-state index in [0.717, 1.165) is 52.8 Å². The number of nitrogens with zero attached hydrogens (tertiary/aromatic N) is 6. The third-order valence-electron chi connectivity index (χ3n) is 9.32. The minimum absolute atomic E-state index is 0.284. The maximum atomic E-state index is 14.3. The van der Waals surface area contributed by atoms with E-state index in [1.807, 2.05) is 84.9 Å². The summed E-state index contributed by atoms with van der Waals surface area (Å²) in [5, 5.41) is 0. The number of rotatable bonds is 12. The first-order chi connectivity index (χ1) is 27.8. The highest BCUT2D eigenvalue weighted by Gasteiger charge is 2.20. The normalized spacial score (nSPS) is 10.5. The molecule has 0 spiro atoms. The number of aromatic nitrogens is 3. The van der Waals surface area contributed by atoms with Crippen LogP contribution in [0.15, 0.2) is 182 Å². The van der Waals surface area contributed by atoms with E-state index in [1.54, 1.807) is 60.7 Å². The topological polar surface area (TPSA) is 137 Å². The van der Waals surface area contributed by atoms with Crippen LogP contribution in [0.2, 0.25) is 0 Å². The molecule has 0 fully saturated rings. The van der Waals surface area contributed by atoms with Gasteiger partial charge in [0, 0.05) is 0 Å². The molecular weight excluding hydrogens is 717 g/mol. The van der Waals surface area contributed by atoms with Gasteiger partial charge in [-0.3, -0.25) is 0 Å². The molecule has 7 rings (SSSR count). The van der Waals surface area contributed by atoms with Gasteiger partial charge in [-0.15, -0.1) is 0 Å². The molecule has 0 amide bonds. The van der Waals surface area contributed by atoms with Crippen LogP contribution in [0.5, 0.6) is 0 Å². The first-order valence-corrected chi connectivity index (χ1v) is 17.8. The average molecular weight is 749 g/mol. The van der Waals surface area contributed by atoms with Crippen molar-refractivity contribution in [1.29, 1.82) is 0 Å². The number of carbonyl (C=O) groups excluding carboxylic acids is 2. The standard InChI is InChI=1S/C46H32N6O5/c1-2-47-38-15-3-32(4-16-38)27-35-9-21-41(22-10-35)50-44(55)51(42-23-11-36(12-24-42)28-33-5-17-39(18-6-33)48-30-53)46(57)52(45(50)56)43-25-13-37(14-26-43)29-34-7-19-40(20-8-34)49-31-54/h3-26H,1,27-29H2. The Bertz CT molecular complexity index is 2540. The zero-order valence-corrected chi connectivity index (χ0v) is 30.4. The predicted octanol–water partition coefficient (Wildman–Crippen LogP) is 7.33. The van der Waals surface area contributed by atoms with Crippen molar-refractivity contribution in [2.24, 2.45) is 15.0 Å². The van der Waals surface area contributed by atoms with Crippen molar-refractivity contribution in [3.8, 4) is 17.1 Å². The molecule has 1 heterocycles. The van der Waals surface area contributed by atoms with E-state index < -0.39 is 17.1 Å². The second kappa shape index (κ2) is 17.0. The van der Waals surface area contributed by atoms with Gasteiger partial charge in [0.05, 0.1) is 34.1 Å². The Balaban J connectivity index is 1.26. The van der Waals surface area contributed by atoms with Crippen molar-refractivity contribution in [2.75, 3.05) is 0 Å². The third-order valence-corrected chi connectivity index (χ3v) is 9.32. The predicted molar refractivity (Wildman–Crippen MR) is 219 cm³/mol. The lowest BCUT2D eigenvalue weighted by atomic mass is 10.0. The van der Waals surface area contributed by atoms with Gasteiger partial charge in [0.2, 0.25) is 12.2 Å². The Morgan fingerprint density at radius 1 is 0.368 bits per heavy atom. The molecule has 0 bridgehead atoms. The number of benzene rings is 6. The van der Waals surface area contributed by atoms with Gasteiger partial charge in [-0.2, -0.15) is 9.98 Å². The summed E-state index contributed by atoms with van der Waals surface area (Å²) in [5.41, 5.74) is 5.91. The minimum atomic E-state index is -0.819. The molecule has 0 unspecified atom stereocenters. The molecule has 0 saturated carbocycles. The van der Waals surface area contributed by atoms with E-state index in [2.05, 4.69) is 27.4 Å². The van der Waals surface area contributed by atoms with Crippen molar-refractivity contribution in [2.45, 2.75) is 19.3 Å². The van der Waals surface area contributed by atoms with E-state index in [-0.39, 0.29) is 11.4 Å². The van der Waals surface area contributed by atoms with Crippen LogP contribution in [0.3, 0.4) is 0 Å². The quantitative estimate of drug-likeness (QED) is 0.0952. The Morgan fingerprint density at radius 3 is 0.825 bits per heavy atom. The highest BCUT2D eigenvalue weighted by atomic mass is 16.2. The molecule has 0 N–H and O–H groups in total. The average Bonchev–Trinajstić information content (AvgIpc) is 3.22. The largest absolute Gasteiger partial charge is 0.345 e. The highest BCUT2D eigenvalue weighted by Crippen LogP contribution is 2.20. The Hall–Kier alpha value is -8.06. The summed E-state index contributed by atoms with van der Waals surface area (Å²) in [6.45, 7) is 3.51. The van der Waals surface area contributed by atoms with Crippen molar-refractivity contribution in [3.05, 3.63) is 217 Å². The molecule has 0 aliphatic carbocycles. The lowest BCUT2D eigenvalue weighted by Gasteiger charge is -2.15. The zero-order chi connectivity index (χ0) is 39.7. The van der Waals surface area contributed by atoms with Crippen molar-refractivity contribution < 1.29 is 9.59 Å². The summed E-state index contributed by atoms with van der Waals surface area (Å²) in [6.07, 6.45) is 4.76. The van der Waals surface area contributed by atoms with Crippen molar-refractivity contribution in [1.82, 2.24) is 13.7 Å². The molecular formula is C46H32N6O5. The molecule has 0 aliphatic rings. The second-order valence-corrected chi connectivity index (χ2v) is 13.1. The molecule has 1 aromatic heterocycles. The first-order valence-electron chi connectivity index (χ1n) is 17.8. The van der Waals surface area contributed by atoms with Crippen LogP contribution in [0.25, 0.3) is 17.1 Å². The molecule has 11 heteroatoms. The van der Waals surface area contributed by atoms with Crippen LogP contribution in [-0.2, 0) is 28.9 Å². The van der Waals surface area contributed by atoms with E-state index in [9.17, 15) is 24.0 Å². The van der Waals surface area contributed by atoms with E-state index in [0.29, 0.717) is 36.3 Å². The molecule has 276 valence electrons. The lowest BCUT2D eigenvalue weighted by molar-refractivity contribution is 0.564. The zero-order valence-electron chi connectivity index (χ0n) is 30.4. The summed E-state index contributed by atoms with van der Waals surface area (Å²) in [7, 11) is 0. The van der Waals surface area contributed by atoms with E-state index in [1.165, 1.54) is 12.2 Å². The maximum absolute atomic E-state index is 14.3. The molecule has 0 radical (unpaired) electrons. The number of aliphatic imine (C=N–C) groups is 3. The highest BCUT2D eigenvalue weighted by molar-refractivity contribution is 5.56. The molecule has 0 atom stereocenters. The molecule has 0 saturated heterocycles. The second-order valence-electron chi connectivity index (χ2n) is 13.1. The lowest BCUT2D eigenvalue weighted by Crippen LogP contribution is -2.52. The molecule has 57 heavy (non-hydrogen) atoms. The Kier molecular flexibility index (Phi) is 11.1. The van der Waals surface area contributed by atoms with Crippen molar-refractivity contribution in [3.63, 3.8) is 0 Å². The van der Waals surface area contributed by atoms with Crippen LogP contribution >= 0.6 is 0 Å². The van der Waals surface area contributed by atoms with Gasteiger partial charge >= 0.3 is 17.1 Å². The summed E-state index contributed by atoms with van der Waals surface area (Å²) in [5.74, 6) is 2.52. The van der Waals surface area contributed by atoms with E-state index >= 15 is 0 Å². The molecule has 6 aromatic carbocycles. The minimum Gasteiger partial charge on any atom is -0.246 e. The molecule has 0 aliphatic heterocycles. The fourth-order valence-corrected chi connectivity index (χ4v) is 6.47. The summed E-state index contributed by atoms with van der Waals surface area (Å²) in [6, 6.07) is 43.0. The Labute approximate surface area is 325 Å². The van der Waals surface area contributed by atoms with Crippen molar-refractivity contribution >= 4 is 35.1 Å². The fourth-order valence-electron chi connectivity index (χ4n) is 6.47. The number of hydrogen-bond acceptors (Lipinski definition) is 8. The third kappa shape index (κ3) is 8.53. The van der Waals surface area contributed by atoms with Gasteiger partial charge in [0.15, 0.2) is 0 Å². The Morgan fingerprint density at radius 2 is 0.596 bits per heavy atom. The first kappa shape index (κ1) is 37.3. The van der Waals surface area contributed by atoms with Crippen LogP contribution < -0.4 is 17.1 Å². The van der Waals surface area contributed by atoms with Crippen LogP contribution in [0, 0.1) is 0 Å². The SMILES string of the molecule is C=C=Nc1ccc(Cc2ccc(-n3c(=O)n(-c4ccc(Cc5ccc(N=C=O)cc5)cc4)c(=O)n(-c4ccc(Cc5ccc(N=C=O)cc5)cc4)c3=O)cc2)cc1. The summed E-state index contributed by atoms with van der Waals surface area (Å²) >= 11 is 0. The number of hydrogen-bond donors (Lipinski definition) is 0. The molecule has 7 aromatic rings. The fraction of sp³-hybridized carbons (Fsp3) is 0.0652. The number of isocyanates is 2. The monoisotopic (exact) mass is 748 g/mol. The maximum Gasteiger partial charge on any atom is 0.345 e. The van der Waals surface area contributed by atoms with Gasteiger partial charge < -0.3 is 0 Å². The van der Waals surface area contributed by atoms with Gasteiger partial charge in [-0.1, -0.05) is 72.8 Å². The van der Waals surface area contributed by atoms with Gasteiger partial charge in [-0.25, -0.2) is 42.7 Å².